The van der Waals surface area contributed by atoms with Crippen LogP contribution >= 0.6 is 0 Å². The highest BCUT2D eigenvalue weighted by Crippen LogP contribution is 2.26. The molecular weight excluding hydrogens is 116 g/mol. The van der Waals surface area contributed by atoms with Crippen LogP contribution in [-0.2, 0) is 6.42 Å². The van der Waals surface area contributed by atoms with Gasteiger partial charge in [0.1, 0.15) is 13.3 Å². The van der Waals surface area contributed by atoms with Crippen molar-refractivity contribution in [3.8, 4) is 0 Å². The highest BCUT2D eigenvalue weighted by atomic mass is 16.5. The lowest BCUT2D eigenvalue weighted by Gasteiger charge is -1.94. The molecule has 3 nitrogen and oxygen atoms in total. The van der Waals surface area contributed by atoms with E-state index in [9.17, 15) is 0 Å². The summed E-state index contributed by atoms with van der Waals surface area (Å²) in [6, 6.07) is -0.00199. The molecule has 1 heterocycles. The first-order valence-corrected chi connectivity index (χ1v) is 2.99. The van der Waals surface area contributed by atoms with Crippen molar-refractivity contribution in [2.75, 3.05) is 0 Å². The van der Waals surface area contributed by atoms with Crippen molar-refractivity contribution in [3.63, 3.8) is 0 Å². The lowest BCUT2D eigenvalue weighted by Crippen LogP contribution is -2.05. The number of rotatable bonds is 0. The molecule has 2 rings (SSSR count). The van der Waals surface area contributed by atoms with E-state index in [1.54, 1.807) is 0 Å². The molecule has 1 aliphatic rings. The summed E-state index contributed by atoms with van der Waals surface area (Å²) >= 11 is 0. The molecule has 1 atom stereocenters. The van der Waals surface area contributed by atoms with E-state index in [1.165, 1.54) is 0 Å². The van der Waals surface area contributed by atoms with Crippen LogP contribution in [0.3, 0.4) is 0 Å². The Kier molecular flexibility index (Phi) is 0.710. The summed E-state index contributed by atoms with van der Waals surface area (Å²) in [4.78, 5) is 0. The van der Waals surface area contributed by atoms with Crippen LogP contribution < -0.4 is 5.73 Å². The summed E-state index contributed by atoms with van der Waals surface area (Å²) in [5, 5.41) is 3.69. The summed E-state index contributed by atoms with van der Waals surface area (Å²) in [6.45, 7) is 0. The first-order chi connectivity index (χ1) is 4.79. The monoisotopic (exact) mass is 125 g/mol. The van der Waals surface area contributed by atoms with Gasteiger partial charge in [0.2, 0.25) is 0 Å². The zero-order chi connectivity index (χ0) is 7.14. The molecule has 0 saturated heterocycles. The molecule has 1 unspecified atom stereocenters. The van der Waals surface area contributed by atoms with Crippen LogP contribution in [0.1, 0.15) is 25.1 Å². The molecule has 0 spiro atoms. The van der Waals surface area contributed by atoms with Gasteiger partial charge in [-0.25, -0.2) is 0 Å². The second-order valence-corrected chi connectivity index (χ2v) is 2.29. The zero-order valence-electron chi connectivity index (χ0n) is 5.92. The zero-order valence-corrected chi connectivity index (χ0v) is 4.92. The average molecular weight is 125 g/mol. The number of hydrogen-bond acceptors (Lipinski definition) is 3. The van der Waals surface area contributed by atoms with Crippen molar-refractivity contribution in [1.29, 1.82) is 0 Å². The van der Waals surface area contributed by atoms with E-state index in [-0.39, 0.29) is 12.3 Å². The predicted octanol–water partition coefficient (Wildman–Crippen LogP) is 0.621. The minimum atomic E-state index is -0.00199. The Hall–Kier alpha value is -0.830. The number of nitrogens with zero attached hydrogens (tertiary/aromatic N) is 1. The molecule has 0 bridgehead atoms. The number of fused-ring (bicyclic) bond motifs is 1. The van der Waals surface area contributed by atoms with Crippen molar-refractivity contribution in [2.24, 2.45) is 5.73 Å². The van der Waals surface area contributed by atoms with Crippen molar-refractivity contribution in [3.05, 3.63) is 17.5 Å². The maximum absolute atomic E-state index is 7.24. The van der Waals surface area contributed by atoms with Crippen LogP contribution in [0.25, 0.3) is 0 Å². The standard InChI is InChI=1S/C6H8N2O/c7-5-2-1-4-3-9-8-6(4)5/h3,5H,1-2,7H2/i3D. The summed E-state index contributed by atoms with van der Waals surface area (Å²) in [5.74, 6) is 0. The topological polar surface area (TPSA) is 52.0 Å². The fraction of sp³-hybridized carbons (Fsp3) is 0.500. The fourth-order valence-electron chi connectivity index (χ4n) is 1.14. The van der Waals surface area contributed by atoms with Gasteiger partial charge in [-0.05, 0) is 12.8 Å². The molecule has 0 aromatic carbocycles. The first-order valence-electron chi connectivity index (χ1n) is 3.49. The lowest BCUT2D eigenvalue weighted by molar-refractivity contribution is 0.401. The van der Waals surface area contributed by atoms with Crippen LogP contribution in [0.15, 0.2) is 10.8 Å². The van der Waals surface area contributed by atoms with Crippen LogP contribution in [-0.4, -0.2) is 5.16 Å². The third-order valence-corrected chi connectivity index (χ3v) is 1.68. The molecule has 1 aromatic rings. The Morgan fingerprint density at radius 2 is 2.89 bits per heavy atom. The van der Waals surface area contributed by atoms with E-state index >= 15 is 0 Å². The van der Waals surface area contributed by atoms with Gasteiger partial charge >= 0.3 is 0 Å². The van der Waals surface area contributed by atoms with E-state index in [0.29, 0.717) is 0 Å². The van der Waals surface area contributed by atoms with Crippen molar-refractivity contribution in [2.45, 2.75) is 18.9 Å². The molecule has 1 aliphatic carbocycles. The normalized spacial score (nSPS) is 25.9. The molecule has 3 heteroatoms. The molecule has 2 N–H and O–H groups in total. The summed E-state index contributed by atoms with van der Waals surface area (Å²) < 4.78 is 11.9. The van der Waals surface area contributed by atoms with E-state index in [0.717, 1.165) is 24.1 Å². The lowest BCUT2D eigenvalue weighted by atomic mass is 10.3. The highest BCUT2D eigenvalue weighted by molar-refractivity contribution is 5.23. The fourth-order valence-corrected chi connectivity index (χ4v) is 1.14. The van der Waals surface area contributed by atoms with Gasteiger partial charge < -0.3 is 10.3 Å². The van der Waals surface area contributed by atoms with Crippen LogP contribution in [0, 0.1) is 0 Å². The molecule has 0 fully saturated rings. The number of aromatic nitrogens is 1. The van der Waals surface area contributed by atoms with Gasteiger partial charge in [0.25, 0.3) is 0 Å². The quantitative estimate of drug-likeness (QED) is 0.553. The van der Waals surface area contributed by atoms with Crippen molar-refractivity contribution < 1.29 is 5.89 Å². The Bertz CT molecular complexity index is 258. The maximum atomic E-state index is 7.24. The highest BCUT2D eigenvalue weighted by Gasteiger charge is 2.22. The summed E-state index contributed by atoms with van der Waals surface area (Å²) in [5.41, 5.74) is 7.33. The van der Waals surface area contributed by atoms with Gasteiger partial charge in [0, 0.05) is 5.56 Å². The maximum Gasteiger partial charge on any atom is 0.127 e. The van der Waals surface area contributed by atoms with Gasteiger partial charge in [0.05, 0.1) is 6.04 Å². The smallest absolute Gasteiger partial charge is 0.127 e. The minimum absolute atomic E-state index is 0.00199. The minimum Gasteiger partial charge on any atom is -0.364 e. The second-order valence-electron chi connectivity index (χ2n) is 2.29. The van der Waals surface area contributed by atoms with Crippen LogP contribution in [0.2, 0.25) is 0 Å². The van der Waals surface area contributed by atoms with Gasteiger partial charge in [-0.1, -0.05) is 5.16 Å². The predicted molar refractivity (Wildman–Crippen MR) is 31.8 cm³/mol. The molecule has 0 amide bonds. The molecule has 0 radical (unpaired) electrons. The van der Waals surface area contributed by atoms with Gasteiger partial charge in [-0.15, -0.1) is 0 Å². The number of nitrogens with two attached hydrogens (primary N) is 1. The molecule has 0 aliphatic heterocycles. The Morgan fingerprint density at radius 3 is 3.67 bits per heavy atom. The second kappa shape index (κ2) is 1.57. The van der Waals surface area contributed by atoms with Crippen molar-refractivity contribution >= 4 is 0 Å². The molecule has 0 saturated carbocycles. The van der Waals surface area contributed by atoms with Gasteiger partial charge in [-0.3, -0.25) is 0 Å². The third kappa shape index (κ3) is 0.580. The van der Waals surface area contributed by atoms with E-state index in [1.807, 2.05) is 0 Å². The number of hydrogen-bond donors (Lipinski definition) is 1. The largest absolute Gasteiger partial charge is 0.364 e. The molecule has 9 heavy (non-hydrogen) atoms. The van der Waals surface area contributed by atoms with Crippen LogP contribution in [0.5, 0.6) is 0 Å². The SMILES string of the molecule is [2H]c1onc2c1CCC2N. The molecule has 48 valence electrons. The average Bonchev–Trinajstić information content (AvgIpc) is 2.41. The van der Waals surface area contributed by atoms with E-state index in [2.05, 4.69) is 9.68 Å². The Labute approximate surface area is 54.2 Å². The van der Waals surface area contributed by atoms with E-state index < -0.39 is 0 Å². The van der Waals surface area contributed by atoms with Gasteiger partial charge in [0.15, 0.2) is 0 Å². The van der Waals surface area contributed by atoms with Gasteiger partial charge in [-0.2, -0.15) is 0 Å². The Balaban J connectivity index is 2.53. The summed E-state index contributed by atoms with van der Waals surface area (Å²) in [7, 11) is 0. The third-order valence-electron chi connectivity index (χ3n) is 1.68. The molecule has 1 aromatic heterocycles. The Morgan fingerprint density at radius 1 is 2.00 bits per heavy atom. The summed E-state index contributed by atoms with van der Waals surface area (Å²) in [6.07, 6.45) is 1.93. The van der Waals surface area contributed by atoms with Crippen molar-refractivity contribution in [1.82, 2.24) is 5.16 Å². The first kappa shape index (κ1) is 4.06. The molecular formula is C6H8N2O. The van der Waals surface area contributed by atoms with E-state index in [4.69, 9.17) is 7.10 Å². The van der Waals surface area contributed by atoms with Crippen LogP contribution in [0.4, 0.5) is 0 Å².